The van der Waals surface area contributed by atoms with Crippen molar-refractivity contribution in [2.24, 2.45) is 5.92 Å². The summed E-state index contributed by atoms with van der Waals surface area (Å²) in [4.78, 5) is 11.5. The van der Waals surface area contributed by atoms with E-state index in [2.05, 4.69) is 26.1 Å². The number of esters is 1. The molecule has 0 fully saturated rings. The largest absolute Gasteiger partial charge is 0.482 e. The number of carbonyl (C=O) groups excluding carboxylic acids is 1. The van der Waals surface area contributed by atoms with Crippen molar-refractivity contribution in [3.05, 3.63) is 29.8 Å². The van der Waals surface area contributed by atoms with Gasteiger partial charge in [-0.15, -0.1) is 0 Å². The molecule has 0 amide bonds. The van der Waals surface area contributed by atoms with E-state index in [9.17, 15) is 4.79 Å². The molecule has 0 spiro atoms. The molecule has 1 N–H and O–H groups in total. The number of hydrogen-bond donors (Lipinski definition) is 1. The highest BCUT2D eigenvalue weighted by atomic mass is 16.6. The molecule has 0 saturated heterocycles. The molecule has 1 aromatic rings. The Morgan fingerprint density at radius 2 is 2.14 bits per heavy atom. The number of ether oxygens (including phenoxy) is 2. The van der Waals surface area contributed by atoms with Gasteiger partial charge in [0.2, 0.25) is 0 Å². The first-order chi connectivity index (χ1) is 10.1. The van der Waals surface area contributed by atoms with Gasteiger partial charge in [-0.05, 0) is 36.6 Å². The Labute approximate surface area is 127 Å². The fourth-order valence-electron chi connectivity index (χ4n) is 1.76. The number of carbonyl (C=O) groups is 1. The lowest BCUT2D eigenvalue weighted by molar-refractivity contribution is -0.146. The standard InChI is InChI=1S/C17H27NO3/c1-4-5-9-20-17(19)13-21-16-8-6-7-15(10-16)12-18-11-14(2)3/h6-8,10,14,18H,4-5,9,11-13H2,1-3H3. The summed E-state index contributed by atoms with van der Waals surface area (Å²) in [6.07, 6.45) is 1.91. The molecule has 0 aliphatic heterocycles. The van der Waals surface area contributed by atoms with Crippen LogP contribution in [-0.2, 0) is 16.1 Å². The fourth-order valence-corrected chi connectivity index (χ4v) is 1.76. The van der Waals surface area contributed by atoms with Gasteiger partial charge in [0.1, 0.15) is 5.75 Å². The highest BCUT2D eigenvalue weighted by Gasteiger charge is 2.04. The van der Waals surface area contributed by atoms with Crippen molar-refractivity contribution in [3.63, 3.8) is 0 Å². The van der Waals surface area contributed by atoms with E-state index in [1.54, 1.807) is 0 Å². The van der Waals surface area contributed by atoms with Gasteiger partial charge in [0.15, 0.2) is 6.61 Å². The molecule has 0 unspecified atom stereocenters. The molecule has 1 rings (SSSR count). The van der Waals surface area contributed by atoms with Crippen LogP contribution in [0.3, 0.4) is 0 Å². The Kier molecular flexibility index (Phi) is 8.51. The van der Waals surface area contributed by atoms with Gasteiger partial charge in [0.25, 0.3) is 0 Å². The van der Waals surface area contributed by atoms with E-state index in [0.717, 1.165) is 31.5 Å². The summed E-state index contributed by atoms with van der Waals surface area (Å²) in [5.41, 5.74) is 1.15. The van der Waals surface area contributed by atoms with Crippen molar-refractivity contribution in [3.8, 4) is 5.75 Å². The molecule has 0 aliphatic carbocycles. The van der Waals surface area contributed by atoms with Crippen molar-refractivity contribution >= 4 is 5.97 Å². The van der Waals surface area contributed by atoms with E-state index in [4.69, 9.17) is 9.47 Å². The first-order valence-electron chi connectivity index (χ1n) is 7.70. The number of nitrogens with one attached hydrogen (secondary N) is 1. The highest BCUT2D eigenvalue weighted by Crippen LogP contribution is 2.13. The zero-order chi connectivity index (χ0) is 15.5. The van der Waals surface area contributed by atoms with Gasteiger partial charge in [-0.3, -0.25) is 0 Å². The molecule has 0 atom stereocenters. The van der Waals surface area contributed by atoms with Crippen LogP contribution in [0.2, 0.25) is 0 Å². The summed E-state index contributed by atoms with van der Waals surface area (Å²) < 4.78 is 10.5. The lowest BCUT2D eigenvalue weighted by Gasteiger charge is -2.10. The first kappa shape index (κ1) is 17.5. The maximum Gasteiger partial charge on any atom is 0.344 e. The zero-order valence-corrected chi connectivity index (χ0v) is 13.4. The lowest BCUT2D eigenvalue weighted by Crippen LogP contribution is -2.19. The monoisotopic (exact) mass is 293 g/mol. The van der Waals surface area contributed by atoms with Gasteiger partial charge < -0.3 is 14.8 Å². The highest BCUT2D eigenvalue weighted by molar-refractivity contribution is 5.71. The average molecular weight is 293 g/mol. The maximum absolute atomic E-state index is 11.5. The number of rotatable bonds is 10. The molecule has 21 heavy (non-hydrogen) atoms. The van der Waals surface area contributed by atoms with Gasteiger partial charge >= 0.3 is 5.97 Å². The smallest absolute Gasteiger partial charge is 0.344 e. The van der Waals surface area contributed by atoms with Crippen LogP contribution in [0.15, 0.2) is 24.3 Å². The summed E-state index contributed by atoms with van der Waals surface area (Å²) in [5, 5.41) is 3.38. The summed E-state index contributed by atoms with van der Waals surface area (Å²) in [6.45, 7) is 8.63. The minimum Gasteiger partial charge on any atom is -0.482 e. The zero-order valence-electron chi connectivity index (χ0n) is 13.4. The third-order valence-corrected chi connectivity index (χ3v) is 2.90. The van der Waals surface area contributed by atoms with E-state index < -0.39 is 0 Å². The minimum absolute atomic E-state index is 0.0351. The summed E-state index contributed by atoms with van der Waals surface area (Å²) >= 11 is 0. The van der Waals surface area contributed by atoms with Crippen LogP contribution >= 0.6 is 0 Å². The number of benzene rings is 1. The van der Waals surface area contributed by atoms with Crippen molar-refractivity contribution in [2.75, 3.05) is 19.8 Å². The molecule has 1 aromatic carbocycles. The predicted molar refractivity (Wildman–Crippen MR) is 84.3 cm³/mol. The van der Waals surface area contributed by atoms with Crippen LogP contribution in [0.1, 0.15) is 39.2 Å². The van der Waals surface area contributed by atoms with Gasteiger partial charge in [-0.25, -0.2) is 4.79 Å². The third-order valence-electron chi connectivity index (χ3n) is 2.90. The molecule has 0 aliphatic rings. The van der Waals surface area contributed by atoms with E-state index in [0.29, 0.717) is 18.3 Å². The Hall–Kier alpha value is -1.55. The summed E-state index contributed by atoms with van der Waals surface area (Å²) in [5.74, 6) is 1.01. The Morgan fingerprint density at radius 3 is 2.86 bits per heavy atom. The normalized spacial score (nSPS) is 10.7. The quantitative estimate of drug-likeness (QED) is 0.532. The van der Waals surface area contributed by atoms with Crippen molar-refractivity contribution < 1.29 is 14.3 Å². The molecular weight excluding hydrogens is 266 g/mol. The van der Waals surface area contributed by atoms with E-state index in [1.807, 2.05) is 24.3 Å². The second kappa shape index (κ2) is 10.2. The average Bonchev–Trinajstić information content (AvgIpc) is 2.45. The molecule has 0 saturated carbocycles. The Balaban J connectivity index is 2.33. The van der Waals surface area contributed by atoms with E-state index in [1.165, 1.54) is 0 Å². The molecule has 0 heterocycles. The molecule has 0 aromatic heterocycles. The van der Waals surface area contributed by atoms with E-state index >= 15 is 0 Å². The second-order valence-electron chi connectivity index (χ2n) is 5.53. The van der Waals surface area contributed by atoms with Crippen LogP contribution < -0.4 is 10.1 Å². The SMILES string of the molecule is CCCCOC(=O)COc1cccc(CNCC(C)C)c1. The lowest BCUT2D eigenvalue weighted by atomic mass is 10.2. The molecule has 118 valence electrons. The molecular formula is C17H27NO3. The minimum atomic E-state index is -0.313. The van der Waals surface area contributed by atoms with Crippen LogP contribution in [0, 0.1) is 5.92 Å². The van der Waals surface area contributed by atoms with Gasteiger partial charge in [0, 0.05) is 6.54 Å². The second-order valence-corrected chi connectivity index (χ2v) is 5.53. The van der Waals surface area contributed by atoms with Crippen molar-refractivity contribution in [2.45, 2.75) is 40.2 Å². The third kappa shape index (κ3) is 8.35. The molecule has 4 nitrogen and oxygen atoms in total. The summed E-state index contributed by atoms with van der Waals surface area (Å²) in [6, 6.07) is 7.78. The van der Waals surface area contributed by atoms with Crippen LogP contribution in [0.5, 0.6) is 5.75 Å². The molecule has 0 radical (unpaired) electrons. The van der Waals surface area contributed by atoms with E-state index in [-0.39, 0.29) is 12.6 Å². The van der Waals surface area contributed by atoms with Crippen LogP contribution in [0.4, 0.5) is 0 Å². The van der Waals surface area contributed by atoms with Gasteiger partial charge in [-0.1, -0.05) is 39.3 Å². The van der Waals surface area contributed by atoms with Crippen molar-refractivity contribution in [1.82, 2.24) is 5.32 Å². The topological polar surface area (TPSA) is 47.6 Å². The van der Waals surface area contributed by atoms with Crippen LogP contribution in [-0.4, -0.2) is 25.7 Å². The first-order valence-corrected chi connectivity index (χ1v) is 7.70. The Bertz CT molecular complexity index is 418. The Morgan fingerprint density at radius 1 is 1.33 bits per heavy atom. The van der Waals surface area contributed by atoms with Crippen molar-refractivity contribution in [1.29, 1.82) is 0 Å². The van der Waals surface area contributed by atoms with Gasteiger partial charge in [-0.2, -0.15) is 0 Å². The molecule has 0 bridgehead atoms. The maximum atomic E-state index is 11.5. The van der Waals surface area contributed by atoms with Crippen LogP contribution in [0.25, 0.3) is 0 Å². The molecule has 4 heteroatoms. The summed E-state index contributed by atoms with van der Waals surface area (Å²) in [7, 11) is 0. The number of hydrogen-bond acceptors (Lipinski definition) is 4. The predicted octanol–water partition coefficient (Wildman–Crippen LogP) is 3.15. The fraction of sp³-hybridized carbons (Fsp3) is 0.588. The van der Waals surface area contributed by atoms with Gasteiger partial charge in [0.05, 0.1) is 6.61 Å². The number of unbranched alkanes of at least 4 members (excludes halogenated alkanes) is 1.